The maximum Gasteiger partial charge on any atom is 0.256 e. The van der Waals surface area contributed by atoms with Gasteiger partial charge in [0.25, 0.3) is 5.91 Å². The molecular weight excluding hydrogens is 240 g/mol. The zero-order valence-corrected chi connectivity index (χ0v) is 10.9. The fraction of sp³-hybridized carbons (Fsp3) is 0.286. The Morgan fingerprint density at radius 2 is 2.32 bits per heavy atom. The van der Waals surface area contributed by atoms with Crippen molar-refractivity contribution in [1.82, 2.24) is 10.2 Å². The molecule has 4 N–H and O–H groups in total. The van der Waals surface area contributed by atoms with Gasteiger partial charge in [-0.25, -0.2) is 0 Å². The van der Waals surface area contributed by atoms with E-state index in [0.29, 0.717) is 17.9 Å². The van der Waals surface area contributed by atoms with Crippen LogP contribution in [0.25, 0.3) is 0 Å². The van der Waals surface area contributed by atoms with E-state index >= 15 is 0 Å². The lowest BCUT2D eigenvalue weighted by Gasteiger charge is -2.06. The normalized spacial score (nSPS) is 10.4. The number of hydrogen-bond donors (Lipinski definition) is 3. The quantitative estimate of drug-likeness (QED) is 0.763. The summed E-state index contributed by atoms with van der Waals surface area (Å²) in [5.41, 5.74) is 8.21. The van der Waals surface area contributed by atoms with Gasteiger partial charge in [0.05, 0.1) is 6.20 Å². The molecule has 0 unspecified atom stereocenters. The van der Waals surface area contributed by atoms with Crippen LogP contribution in [0.1, 0.15) is 28.4 Å². The number of aryl methyl sites for hydroxylation is 1. The van der Waals surface area contributed by atoms with Crippen LogP contribution >= 0.6 is 0 Å². The standard InChI is InChI=1S/C14H18N4O/c1-2-11-9-16-18-13(11)17-14(19)12-5-3-4-10(8-12)6-7-15/h3-5,8-9H,2,6-7,15H2,1H3,(H2,16,17,18,19). The van der Waals surface area contributed by atoms with Gasteiger partial charge in [-0.2, -0.15) is 5.10 Å². The predicted octanol–water partition coefficient (Wildman–Crippen LogP) is 1.73. The summed E-state index contributed by atoms with van der Waals surface area (Å²) >= 11 is 0. The number of benzene rings is 1. The first-order chi connectivity index (χ1) is 9.24. The molecule has 19 heavy (non-hydrogen) atoms. The molecule has 0 spiro atoms. The van der Waals surface area contributed by atoms with Gasteiger partial charge in [-0.05, 0) is 37.1 Å². The van der Waals surface area contributed by atoms with E-state index < -0.39 is 0 Å². The number of aromatic nitrogens is 2. The molecule has 0 radical (unpaired) electrons. The summed E-state index contributed by atoms with van der Waals surface area (Å²) in [6.07, 6.45) is 3.31. The molecule has 0 saturated carbocycles. The van der Waals surface area contributed by atoms with Crippen LogP contribution in [0.5, 0.6) is 0 Å². The molecule has 0 aliphatic heterocycles. The number of carbonyl (C=O) groups excluding carboxylic acids is 1. The highest BCUT2D eigenvalue weighted by Gasteiger charge is 2.10. The maximum atomic E-state index is 12.1. The van der Waals surface area contributed by atoms with Gasteiger partial charge in [-0.3, -0.25) is 9.89 Å². The van der Waals surface area contributed by atoms with Crippen LogP contribution in [-0.4, -0.2) is 22.6 Å². The van der Waals surface area contributed by atoms with Gasteiger partial charge in [0.1, 0.15) is 5.82 Å². The molecule has 2 aromatic rings. The van der Waals surface area contributed by atoms with Gasteiger partial charge in [-0.15, -0.1) is 0 Å². The van der Waals surface area contributed by atoms with E-state index in [9.17, 15) is 4.79 Å². The highest BCUT2D eigenvalue weighted by atomic mass is 16.1. The number of hydrogen-bond acceptors (Lipinski definition) is 3. The lowest BCUT2D eigenvalue weighted by molar-refractivity contribution is 0.102. The zero-order valence-electron chi connectivity index (χ0n) is 10.9. The third-order valence-corrected chi connectivity index (χ3v) is 2.96. The average molecular weight is 258 g/mol. The van der Waals surface area contributed by atoms with E-state index in [1.165, 1.54) is 0 Å². The number of anilines is 1. The fourth-order valence-electron chi connectivity index (χ4n) is 1.91. The average Bonchev–Trinajstić information content (AvgIpc) is 2.86. The van der Waals surface area contributed by atoms with Crippen LogP contribution in [0.15, 0.2) is 30.5 Å². The molecule has 0 aliphatic rings. The molecular formula is C14H18N4O. The number of rotatable bonds is 5. The lowest BCUT2D eigenvalue weighted by Crippen LogP contribution is -2.14. The van der Waals surface area contributed by atoms with E-state index in [0.717, 1.165) is 24.0 Å². The summed E-state index contributed by atoms with van der Waals surface area (Å²) in [5, 5.41) is 9.56. The van der Waals surface area contributed by atoms with Crippen LogP contribution in [0.3, 0.4) is 0 Å². The Labute approximate surface area is 112 Å². The maximum absolute atomic E-state index is 12.1. The summed E-state index contributed by atoms with van der Waals surface area (Å²) in [6.45, 7) is 2.59. The summed E-state index contributed by atoms with van der Waals surface area (Å²) in [4.78, 5) is 12.1. The molecule has 5 heteroatoms. The number of nitrogens with one attached hydrogen (secondary N) is 2. The van der Waals surface area contributed by atoms with Crippen molar-refractivity contribution in [3.63, 3.8) is 0 Å². The van der Waals surface area contributed by atoms with E-state index in [2.05, 4.69) is 15.5 Å². The number of amides is 1. The number of H-pyrrole nitrogens is 1. The molecule has 0 atom stereocenters. The highest BCUT2D eigenvalue weighted by molar-refractivity contribution is 6.04. The molecule has 0 bridgehead atoms. The first-order valence-corrected chi connectivity index (χ1v) is 6.37. The second kappa shape index (κ2) is 6.15. The van der Waals surface area contributed by atoms with Crippen LogP contribution in [0, 0.1) is 0 Å². The Bertz CT molecular complexity index is 562. The molecule has 1 aromatic heterocycles. The number of aromatic amines is 1. The molecule has 1 amide bonds. The third kappa shape index (κ3) is 3.20. The first kappa shape index (κ1) is 13.3. The topological polar surface area (TPSA) is 83.8 Å². The number of nitrogens with two attached hydrogens (primary N) is 1. The van der Waals surface area contributed by atoms with Crippen molar-refractivity contribution in [3.05, 3.63) is 47.2 Å². The van der Waals surface area contributed by atoms with E-state index in [-0.39, 0.29) is 5.91 Å². The zero-order chi connectivity index (χ0) is 13.7. The Balaban J connectivity index is 2.13. The van der Waals surface area contributed by atoms with Crippen molar-refractivity contribution in [1.29, 1.82) is 0 Å². The second-order valence-corrected chi connectivity index (χ2v) is 4.32. The first-order valence-electron chi connectivity index (χ1n) is 6.37. The van der Waals surface area contributed by atoms with Gasteiger partial charge in [-0.1, -0.05) is 19.1 Å². The predicted molar refractivity (Wildman–Crippen MR) is 75.1 cm³/mol. The monoisotopic (exact) mass is 258 g/mol. The van der Waals surface area contributed by atoms with Crippen molar-refractivity contribution in [3.8, 4) is 0 Å². The van der Waals surface area contributed by atoms with Crippen LogP contribution in [0.4, 0.5) is 5.82 Å². The molecule has 5 nitrogen and oxygen atoms in total. The Kier molecular flexibility index (Phi) is 4.30. The Morgan fingerprint density at radius 3 is 3.05 bits per heavy atom. The SMILES string of the molecule is CCc1cn[nH]c1NC(=O)c1cccc(CCN)c1. The molecule has 0 saturated heterocycles. The van der Waals surface area contributed by atoms with Crippen molar-refractivity contribution < 1.29 is 4.79 Å². The van der Waals surface area contributed by atoms with Gasteiger partial charge in [0.2, 0.25) is 0 Å². The summed E-state index contributed by atoms with van der Waals surface area (Å²) in [5.74, 6) is 0.523. The van der Waals surface area contributed by atoms with Crippen molar-refractivity contribution in [2.24, 2.45) is 5.73 Å². The number of carbonyl (C=O) groups is 1. The van der Waals surface area contributed by atoms with Crippen LogP contribution in [-0.2, 0) is 12.8 Å². The molecule has 100 valence electrons. The Hall–Kier alpha value is -2.14. The van der Waals surface area contributed by atoms with Gasteiger partial charge in [0.15, 0.2) is 0 Å². The van der Waals surface area contributed by atoms with E-state index in [1.807, 2.05) is 25.1 Å². The van der Waals surface area contributed by atoms with Crippen molar-refractivity contribution in [2.45, 2.75) is 19.8 Å². The largest absolute Gasteiger partial charge is 0.330 e. The van der Waals surface area contributed by atoms with E-state index in [1.54, 1.807) is 12.3 Å². The van der Waals surface area contributed by atoms with Crippen LogP contribution in [0.2, 0.25) is 0 Å². The minimum absolute atomic E-state index is 0.141. The molecule has 0 fully saturated rings. The second-order valence-electron chi connectivity index (χ2n) is 4.32. The summed E-state index contributed by atoms with van der Waals surface area (Å²) < 4.78 is 0. The molecule has 1 aromatic carbocycles. The molecule has 0 aliphatic carbocycles. The Morgan fingerprint density at radius 1 is 1.47 bits per heavy atom. The summed E-state index contributed by atoms with van der Waals surface area (Å²) in [7, 11) is 0. The van der Waals surface area contributed by atoms with Gasteiger partial charge >= 0.3 is 0 Å². The summed E-state index contributed by atoms with van der Waals surface area (Å²) in [6, 6.07) is 7.49. The van der Waals surface area contributed by atoms with Crippen molar-refractivity contribution in [2.75, 3.05) is 11.9 Å². The smallest absolute Gasteiger partial charge is 0.256 e. The van der Waals surface area contributed by atoms with E-state index in [4.69, 9.17) is 5.73 Å². The highest BCUT2D eigenvalue weighted by Crippen LogP contribution is 2.13. The van der Waals surface area contributed by atoms with Gasteiger partial charge in [0, 0.05) is 11.1 Å². The van der Waals surface area contributed by atoms with Crippen LogP contribution < -0.4 is 11.1 Å². The fourth-order valence-corrected chi connectivity index (χ4v) is 1.91. The molecule has 1 heterocycles. The molecule has 2 rings (SSSR count). The third-order valence-electron chi connectivity index (χ3n) is 2.96. The number of nitrogens with zero attached hydrogens (tertiary/aromatic N) is 1. The van der Waals surface area contributed by atoms with Gasteiger partial charge < -0.3 is 11.1 Å². The van der Waals surface area contributed by atoms with Crippen molar-refractivity contribution >= 4 is 11.7 Å². The minimum atomic E-state index is -0.141. The lowest BCUT2D eigenvalue weighted by atomic mass is 10.1. The minimum Gasteiger partial charge on any atom is -0.330 e.